The van der Waals surface area contributed by atoms with Crippen molar-refractivity contribution in [1.29, 1.82) is 0 Å². The fraction of sp³-hybridized carbons (Fsp3) is 0.364. The number of ether oxygens (including phenoxy) is 3. The van der Waals surface area contributed by atoms with Crippen molar-refractivity contribution in [3.8, 4) is 17.2 Å². The fourth-order valence-corrected chi connectivity index (χ4v) is 2.96. The van der Waals surface area contributed by atoms with E-state index in [1.54, 1.807) is 31.2 Å². The fourth-order valence-electron chi connectivity index (χ4n) is 2.62. The summed E-state index contributed by atoms with van der Waals surface area (Å²) >= 11 is 5.68. The summed E-state index contributed by atoms with van der Waals surface area (Å²) in [4.78, 5) is 28.3. The Bertz CT molecular complexity index is 846. The lowest BCUT2D eigenvalue weighted by atomic mass is 10.0. The van der Waals surface area contributed by atoms with Crippen molar-refractivity contribution in [1.82, 2.24) is 9.74 Å². The van der Waals surface area contributed by atoms with Crippen molar-refractivity contribution in [2.45, 2.75) is 26.8 Å². The van der Waals surface area contributed by atoms with Crippen molar-refractivity contribution in [2.75, 3.05) is 19.8 Å². The number of hydrogen-bond donors (Lipinski definition) is 1. The van der Waals surface area contributed by atoms with Gasteiger partial charge in [-0.2, -0.15) is 0 Å². The van der Waals surface area contributed by atoms with E-state index in [1.807, 2.05) is 13.8 Å². The van der Waals surface area contributed by atoms with E-state index >= 15 is 0 Å². The van der Waals surface area contributed by atoms with Crippen LogP contribution in [0, 0.1) is 11.7 Å². The Balaban J connectivity index is 1.95. The molecular weight excluding hydrogens is 427 g/mol. The number of nitrogens with zero attached hydrogens (tertiary/aromatic N) is 1. The Morgan fingerprint density at radius 2 is 1.58 bits per heavy atom. The van der Waals surface area contributed by atoms with E-state index in [4.69, 9.17) is 26.0 Å². The number of amides is 2. The molecule has 0 aliphatic carbocycles. The van der Waals surface area contributed by atoms with Gasteiger partial charge in [0.05, 0.1) is 13.2 Å². The number of carbonyl (C=O) groups is 2. The van der Waals surface area contributed by atoms with E-state index in [0.29, 0.717) is 17.2 Å². The minimum atomic E-state index is -0.753. The number of carbonyl (C=O) groups excluding carboxylic acids is 2. The number of hydrogen-bond acceptors (Lipinski definition) is 6. The van der Waals surface area contributed by atoms with Crippen LogP contribution in [0.5, 0.6) is 17.2 Å². The first-order valence-electron chi connectivity index (χ1n) is 9.86. The third-order valence-corrected chi connectivity index (χ3v) is 4.50. The average molecular weight is 453 g/mol. The van der Waals surface area contributed by atoms with Gasteiger partial charge in [0.2, 0.25) is 0 Å². The van der Waals surface area contributed by atoms with Gasteiger partial charge >= 0.3 is 6.09 Å². The minimum Gasteiger partial charge on any atom is -0.492 e. The smallest absolute Gasteiger partial charge is 0.416 e. The predicted octanol–water partition coefficient (Wildman–Crippen LogP) is 4.75. The Morgan fingerprint density at radius 3 is 2.10 bits per heavy atom. The van der Waals surface area contributed by atoms with Crippen LogP contribution in [0.2, 0.25) is 0 Å². The van der Waals surface area contributed by atoms with E-state index in [9.17, 15) is 14.0 Å². The molecule has 2 aromatic rings. The molecule has 31 heavy (non-hydrogen) atoms. The highest BCUT2D eigenvalue weighted by molar-refractivity contribution is 6.15. The number of rotatable bonds is 10. The molecule has 0 radical (unpaired) electrons. The molecular formula is C22H26ClFN2O5. The number of nitrogens with one attached hydrogen (secondary N) is 1. The van der Waals surface area contributed by atoms with E-state index < -0.39 is 18.0 Å². The molecule has 0 fully saturated rings. The topological polar surface area (TPSA) is 77.1 Å². The molecule has 0 aromatic heterocycles. The largest absolute Gasteiger partial charge is 0.492 e. The van der Waals surface area contributed by atoms with E-state index in [0.717, 1.165) is 4.90 Å². The zero-order valence-electron chi connectivity index (χ0n) is 17.6. The third kappa shape index (κ3) is 7.41. The van der Waals surface area contributed by atoms with Gasteiger partial charge in [-0.3, -0.25) is 4.79 Å². The van der Waals surface area contributed by atoms with Crippen molar-refractivity contribution >= 4 is 23.8 Å². The first-order chi connectivity index (χ1) is 14.8. The molecule has 0 heterocycles. The van der Waals surface area contributed by atoms with Crippen LogP contribution in [-0.2, 0) is 9.53 Å². The molecule has 168 valence electrons. The number of benzene rings is 2. The van der Waals surface area contributed by atoms with Crippen molar-refractivity contribution < 1.29 is 28.2 Å². The SMILES string of the molecule is CCOC(=O)N(CCOc1ccc(Oc2ccc(F)cc2)cc1)C(=O)[C@@H](NCl)C(C)C. The normalized spacial score (nSPS) is 11.7. The molecule has 0 aliphatic rings. The summed E-state index contributed by atoms with van der Waals surface area (Å²) < 4.78 is 29.2. The van der Waals surface area contributed by atoms with Gasteiger partial charge < -0.3 is 14.2 Å². The van der Waals surface area contributed by atoms with E-state index in [2.05, 4.69) is 4.84 Å². The summed E-state index contributed by atoms with van der Waals surface area (Å²) in [5.74, 6) is 0.625. The van der Waals surface area contributed by atoms with Crippen molar-refractivity contribution in [3.05, 3.63) is 54.3 Å². The van der Waals surface area contributed by atoms with Gasteiger partial charge in [0.25, 0.3) is 5.91 Å². The lowest BCUT2D eigenvalue weighted by Crippen LogP contribution is -2.50. The van der Waals surface area contributed by atoms with Gasteiger partial charge in [-0.15, -0.1) is 0 Å². The summed E-state index contributed by atoms with van der Waals surface area (Å²) in [7, 11) is 0. The molecule has 2 amide bonds. The molecule has 2 rings (SSSR count). The maximum atomic E-state index is 13.0. The second kappa shape index (κ2) is 12.1. The highest BCUT2D eigenvalue weighted by Crippen LogP contribution is 2.24. The van der Waals surface area contributed by atoms with Crippen molar-refractivity contribution in [3.63, 3.8) is 0 Å². The highest BCUT2D eigenvalue weighted by Gasteiger charge is 2.31. The van der Waals surface area contributed by atoms with Crippen LogP contribution in [-0.4, -0.2) is 42.7 Å². The lowest BCUT2D eigenvalue weighted by Gasteiger charge is -2.26. The molecule has 7 nitrogen and oxygen atoms in total. The van der Waals surface area contributed by atoms with Crippen molar-refractivity contribution in [2.24, 2.45) is 5.92 Å². The van der Waals surface area contributed by atoms with Crippen LogP contribution in [0.25, 0.3) is 0 Å². The van der Waals surface area contributed by atoms with Gasteiger partial charge in [0, 0.05) is 0 Å². The third-order valence-electron chi connectivity index (χ3n) is 4.26. The monoisotopic (exact) mass is 452 g/mol. The van der Waals surface area contributed by atoms with Gasteiger partial charge in [0.15, 0.2) is 0 Å². The molecule has 0 spiro atoms. The number of imide groups is 1. The van der Waals surface area contributed by atoms with E-state index in [1.165, 1.54) is 24.3 Å². The Labute approximate surface area is 186 Å². The van der Waals surface area contributed by atoms with Crippen LogP contribution >= 0.6 is 11.8 Å². The Morgan fingerprint density at radius 1 is 1.03 bits per heavy atom. The summed E-state index contributed by atoms with van der Waals surface area (Å²) in [6.07, 6.45) is -0.753. The summed E-state index contributed by atoms with van der Waals surface area (Å²) in [5, 5.41) is 0. The van der Waals surface area contributed by atoms with E-state index in [-0.39, 0.29) is 31.5 Å². The quantitative estimate of drug-likeness (QED) is 0.524. The molecule has 0 aliphatic heterocycles. The Hall–Kier alpha value is -2.84. The maximum Gasteiger partial charge on any atom is 0.416 e. The van der Waals surface area contributed by atoms with Crippen LogP contribution in [0.3, 0.4) is 0 Å². The maximum absolute atomic E-state index is 13.0. The molecule has 9 heteroatoms. The molecule has 0 bridgehead atoms. The first kappa shape index (κ1) is 24.4. The Kier molecular flexibility index (Phi) is 9.55. The van der Waals surface area contributed by atoms with Crippen LogP contribution < -0.4 is 14.3 Å². The van der Waals surface area contributed by atoms with Gasteiger partial charge in [-0.05, 0) is 73.1 Å². The highest BCUT2D eigenvalue weighted by atomic mass is 35.5. The van der Waals surface area contributed by atoms with Crippen LogP contribution in [0.1, 0.15) is 20.8 Å². The predicted molar refractivity (Wildman–Crippen MR) is 115 cm³/mol. The summed E-state index contributed by atoms with van der Waals surface area (Å²) in [6.45, 7) is 5.48. The molecule has 0 saturated carbocycles. The average Bonchev–Trinajstić information content (AvgIpc) is 2.74. The zero-order valence-corrected chi connectivity index (χ0v) is 18.4. The second-order valence-electron chi connectivity index (χ2n) is 6.90. The molecule has 1 atom stereocenters. The molecule has 2 aromatic carbocycles. The first-order valence-corrected chi connectivity index (χ1v) is 10.2. The molecule has 1 N–H and O–H groups in total. The van der Waals surface area contributed by atoms with Gasteiger partial charge in [0.1, 0.15) is 35.7 Å². The van der Waals surface area contributed by atoms with Crippen LogP contribution in [0.15, 0.2) is 48.5 Å². The summed E-state index contributed by atoms with van der Waals surface area (Å²) in [5.41, 5.74) is 0. The minimum absolute atomic E-state index is 0.00666. The second-order valence-corrected chi connectivity index (χ2v) is 7.11. The standard InChI is InChI=1S/C22H26ClFN2O5/c1-4-29-22(28)26(21(27)20(25-23)15(2)3)13-14-30-17-9-11-19(12-10-17)31-18-7-5-16(24)6-8-18/h5-12,15,20,25H,4,13-14H2,1-3H3/t20-/m0/s1. The molecule has 0 unspecified atom stereocenters. The zero-order chi connectivity index (χ0) is 22.8. The van der Waals surface area contributed by atoms with Crippen LogP contribution in [0.4, 0.5) is 9.18 Å². The van der Waals surface area contributed by atoms with Gasteiger partial charge in [-0.1, -0.05) is 13.8 Å². The lowest BCUT2D eigenvalue weighted by molar-refractivity contribution is -0.132. The number of halogens is 2. The van der Waals surface area contributed by atoms with Gasteiger partial charge in [-0.25, -0.2) is 18.9 Å². The summed E-state index contributed by atoms with van der Waals surface area (Å²) in [6, 6.07) is 11.7. The molecule has 0 saturated heterocycles.